The summed E-state index contributed by atoms with van der Waals surface area (Å²) in [5, 5.41) is 4.47. The van der Waals surface area contributed by atoms with Gasteiger partial charge in [0.15, 0.2) is 0 Å². The van der Waals surface area contributed by atoms with Gasteiger partial charge in [-0.3, -0.25) is 4.98 Å². The number of aromatic nitrogens is 1. The first kappa shape index (κ1) is 15.0. The summed E-state index contributed by atoms with van der Waals surface area (Å²) in [7, 11) is 1.93. The molecule has 1 aliphatic heterocycles. The number of nitrogens with one attached hydrogen (secondary N) is 1. The molecule has 2 heterocycles. The highest BCUT2D eigenvalue weighted by atomic mass is 35.5. The van der Waals surface area contributed by atoms with E-state index in [1.807, 2.05) is 7.05 Å². The minimum Gasteiger partial charge on any atom is -0.378 e. The molecule has 1 fully saturated rings. The van der Waals surface area contributed by atoms with Gasteiger partial charge in [0.1, 0.15) is 0 Å². The summed E-state index contributed by atoms with van der Waals surface area (Å²) in [5.74, 6) is 0. The third-order valence-electron chi connectivity index (χ3n) is 3.56. The Balaban J connectivity index is 1.88. The molecule has 1 N–H and O–H groups in total. The molecule has 0 spiro atoms. The van der Waals surface area contributed by atoms with Crippen molar-refractivity contribution in [2.24, 2.45) is 0 Å². The van der Waals surface area contributed by atoms with Gasteiger partial charge in [0.05, 0.1) is 27.9 Å². The number of pyridine rings is 1. The number of ether oxygens (including phenoxy) is 1. The van der Waals surface area contributed by atoms with Crippen LogP contribution in [0.4, 0.5) is 0 Å². The summed E-state index contributed by atoms with van der Waals surface area (Å²) in [6, 6.07) is 1.92. The van der Waals surface area contributed by atoms with Crippen molar-refractivity contribution in [1.29, 1.82) is 0 Å². The first-order valence-electron chi connectivity index (χ1n) is 6.80. The number of nitrogens with zero attached hydrogens (tertiary/aromatic N) is 1. The molecular weight excluding hydrogens is 283 g/mol. The van der Waals surface area contributed by atoms with E-state index in [9.17, 15) is 0 Å². The Hall–Kier alpha value is -0.350. The van der Waals surface area contributed by atoms with Crippen LogP contribution >= 0.6 is 23.2 Å². The van der Waals surface area contributed by atoms with Gasteiger partial charge in [0.2, 0.25) is 0 Å². The van der Waals surface area contributed by atoms with E-state index in [1.165, 1.54) is 12.8 Å². The van der Waals surface area contributed by atoms with Gasteiger partial charge in [-0.2, -0.15) is 0 Å². The summed E-state index contributed by atoms with van der Waals surface area (Å²) in [6.45, 7) is 0.921. The Morgan fingerprint density at radius 2 is 2.37 bits per heavy atom. The zero-order valence-corrected chi connectivity index (χ0v) is 12.7. The van der Waals surface area contributed by atoms with E-state index in [-0.39, 0.29) is 6.04 Å². The van der Waals surface area contributed by atoms with Crippen LogP contribution in [0.3, 0.4) is 0 Å². The van der Waals surface area contributed by atoms with Crippen LogP contribution in [0.15, 0.2) is 12.3 Å². The highest BCUT2D eigenvalue weighted by Gasteiger charge is 2.18. The molecule has 5 heteroatoms. The molecule has 1 aliphatic rings. The Morgan fingerprint density at radius 3 is 3.00 bits per heavy atom. The Kier molecular flexibility index (Phi) is 5.89. The Labute approximate surface area is 124 Å². The highest BCUT2D eigenvalue weighted by Crippen LogP contribution is 2.27. The third-order valence-corrected chi connectivity index (χ3v) is 4.07. The molecule has 2 atom stereocenters. The molecule has 2 unspecified atom stereocenters. The quantitative estimate of drug-likeness (QED) is 0.862. The maximum Gasteiger partial charge on any atom is 0.0760 e. The minimum absolute atomic E-state index is 0.172. The van der Waals surface area contributed by atoms with Gasteiger partial charge in [0.25, 0.3) is 0 Å². The van der Waals surface area contributed by atoms with Gasteiger partial charge in [-0.1, -0.05) is 23.2 Å². The monoisotopic (exact) mass is 302 g/mol. The molecule has 1 aromatic heterocycles. The molecule has 0 aliphatic carbocycles. The number of rotatable bonds is 6. The van der Waals surface area contributed by atoms with Crippen LogP contribution < -0.4 is 5.32 Å². The molecule has 19 heavy (non-hydrogen) atoms. The van der Waals surface area contributed by atoms with E-state index in [0.717, 1.165) is 31.6 Å². The maximum atomic E-state index is 6.20. The van der Waals surface area contributed by atoms with Crippen molar-refractivity contribution in [3.8, 4) is 0 Å². The summed E-state index contributed by atoms with van der Waals surface area (Å²) in [4.78, 5) is 4.34. The molecular formula is C14H20Cl2N2O. The fraction of sp³-hybridized carbons (Fsp3) is 0.643. The predicted octanol–water partition coefficient (Wildman–Crippen LogP) is 4.00. The molecule has 1 aromatic rings. The molecule has 0 bridgehead atoms. The van der Waals surface area contributed by atoms with E-state index in [0.29, 0.717) is 16.1 Å². The zero-order chi connectivity index (χ0) is 13.7. The second-order valence-corrected chi connectivity index (χ2v) is 5.77. The van der Waals surface area contributed by atoms with E-state index in [4.69, 9.17) is 27.9 Å². The van der Waals surface area contributed by atoms with Crippen LogP contribution in [0, 0.1) is 0 Å². The van der Waals surface area contributed by atoms with Gasteiger partial charge in [-0.05, 0) is 45.2 Å². The lowest BCUT2D eigenvalue weighted by atomic mass is 10.0. The fourth-order valence-electron chi connectivity index (χ4n) is 2.52. The molecule has 0 radical (unpaired) electrons. The van der Waals surface area contributed by atoms with E-state index in [2.05, 4.69) is 10.3 Å². The van der Waals surface area contributed by atoms with Gasteiger partial charge < -0.3 is 10.1 Å². The number of hydrogen-bond donors (Lipinski definition) is 1. The zero-order valence-electron chi connectivity index (χ0n) is 11.2. The number of halogens is 2. The van der Waals surface area contributed by atoms with Crippen molar-refractivity contribution >= 4 is 23.2 Å². The minimum atomic E-state index is 0.172. The van der Waals surface area contributed by atoms with Crippen molar-refractivity contribution in [2.45, 2.75) is 44.2 Å². The molecule has 2 rings (SSSR count). The van der Waals surface area contributed by atoms with E-state index in [1.54, 1.807) is 12.3 Å². The SMILES string of the molecule is CNC(CCCC1CCCO1)c1ncc(Cl)cc1Cl. The summed E-state index contributed by atoms with van der Waals surface area (Å²) in [6.07, 6.45) is 7.72. The Bertz CT molecular complexity index is 408. The maximum absolute atomic E-state index is 6.20. The van der Waals surface area contributed by atoms with Crippen molar-refractivity contribution in [1.82, 2.24) is 10.3 Å². The van der Waals surface area contributed by atoms with Crippen LogP contribution in [-0.2, 0) is 4.74 Å². The van der Waals surface area contributed by atoms with Crippen molar-refractivity contribution in [3.63, 3.8) is 0 Å². The molecule has 0 saturated carbocycles. The number of hydrogen-bond acceptors (Lipinski definition) is 3. The van der Waals surface area contributed by atoms with E-state index >= 15 is 0 Å². The van der Waals surface area contributed by atoms with Crippen LogP contribution in [-0.4, -0.2) is 24.7 Å². The fourth-order valence-corrected chi connectivity index (χ4v) is 3.03. The molecule has 0 aromatic carbocycles. The van der Waals surface area contributed by atoms with Crippen LogP contribution in [0.25, 0.3) is 0 Å². The summed E-state index contributed by atoms with van der Waals surface area (Å²) < 4.78 is 5.63. The second-order valence-electron chi connectivity index (χ2n) is 4.93. The Morgan fingerprint density at radius 1 is 1.53 bits per heavy atom. The van der Waals surface area contributed by atoms with Crippen molar-refractivity contribution < 1.29 is 4.74 Å². The molecule has 0 amide bonds. The second kappa shape index (κ2) is 7.44. The van der Waals surface area contributed by atoms with E-state index < -0.39 is 0 Å². The van der Waals surface area contributed by atoms with Crippen LogP contribution in [0.2, 0.25) is 10.0 Å². The summed E-state index contributed by atoms with van der Waals surface area (Å²) in [5.41, 5.74) is 0.876. The standard InChI is InChI=1S/C14H20Cl2N2O/c1-17-13(6-2-4-11-5-3-7-19-11)14-12(16)8-10(15)9-18-14/h8-9,11,13,17H,2-7H2,1H3. The normalized spacial score (nSPS) is 20.7. The third kappa shape index (κ3) is 4.32. The first-order chi connectivity index (χ1) is 9.20. The smallest absolute Gasteiger partial charge is 0.0760 e. The van der Waals surface area contributed by atoms with Gasteiger partial charge >= 0.3 is 0 Å². The highest BCUT2D eigenvalue weighted by molar-refractivity contribution is 6.34. The van der Waals surface area contributed by atoms with Crippen molar-refractivity contribution in [2.75, 3.05) is 13.7 Å². The summed E-state index contributed by atoms with van der Waals surface area (Å²) >= 11 is 12.1. The van der Waals surface area contributed by atoms with Crippen molar-refractivity contribution in [3.05, 3.63) is 28.0 Å². The average Bonchev–Trinajstić information content (AvgIpc) is 2.89. The average molecular weight is 303 g/mol. The van der Waals surface area contributed by atoms with Gasteiger partial charge in [-0.15, -0.1) is 0 Å². The molecule has 3 nitrogen and oxygen atoms in total. The topological polar surface area (TPSA) is 34.1 Å². The largest absolute Gasteiger partial charge is 0.378 e. The lowest BCUT2D eigenvalue weighted by Gasteiger charge is -2.18. The first-order valence-corrected chi connectivity index (χ1v) is 7.56. The molecule has 106 valence electrons. The van der Waals surface area contributed by atoms with Crippen LogP contribution in [0.1, 0.15) is 43.8 Å². The van der Waals surface area contributed by atoms with Gasteiger partial charge in [0, 0.05) is 12.8 Å². The predicted molar refractivity (Wildman–Crippen MR) is 78.9 cm³/mol. The van der Waals surface area contributed by atoms with Gasteiger partial charge in [-0.25, -0.2) is 0 Å². The molecule has 1 saturated heterocycles. The lowest BCUT2D eigenvalue weighted by Crippen LogP contribution is -2.18. The lowest BCUT2D eigenvalue weighted by molar-refractivity contribution is 0.101. The van der Waals surface area contributed by atoms with Crippen LogP contribution in [0.5, 0.6) is 0 Å².